The van der Waals surface area contributed by atoms with Gasteiger partial charge in [0.2, 0.25) is 10.0 Å². The highest BCUT2D eigenvalue weighted by Crippen LogP contribution is 2.42. The molecule has 0 aromatic carbocycles. The van der Waals surface area contributed by atoms with Crippen molar-refractivity contribution in [1.82, 2.24) is 14.9 Å². The second-order valence-electron chi connectivity index (χ2n) is 6.71. The molecule has 7 nitrogen and oxygen atoms in total. The largest absolute Gasteiger partial charge is 0.365 e. The number of sulfonamides is 1. The van der Waals surface area contributed by atoms with Crippen LogP contribution in [0.2, 0.25) is 0 Å². The lowest BCUT2D eigenvalue weighted by atomic mass is 10.00. The summed E-state index contributed by atoms with van der Waals surface area (Å²) in [6, 6.07) is 0.205. The van der Waals surface area contributed by atoms with Crippen molar-refractivity contribution in [3.8, 4) is 0 Å². The number of hydrogen-bond acceptors (Lipinski definition) is 4. The van der Waals surface area contributed by atoms with Crippen LogP contribution in [0.1, 0.15) is 32.1 Å². The van der Waals surface area contributed by atoms with E-state index in [1.54, 1.807) is 4.90 Å². The lowest BCUT2D eigenvalue weighted by Crippen LogP contribution is -2.59. The number of nitrogens with one attached hydrogen (secondary N) is 2. The molecule has 0 unspecified atom stereocenters. The van der Waals surface area contributed by atoms with Gasteiger partial charge in [0.05, 0.1) is 12.6 Å². The summed E-state index contributed by atoms with van der Waals surface area (Å²) in [6.07, 6.45) is 4.76. The van der Waals surface area contributed by atoms with E-state index in [1.807, 2.05) is 0 Å². The summed E-state index contributed by atoms with van der Waals surface area (Å²) in [7, 11) is -3.29. The zero-order chi connectivity index (χ0) is 14.7. The summed E-state index contributed by atoms with van der Waals surface area (Å²) >= 11 is 0. The molecule has 3 atom stereocenters. The molecule has 0 radical (unpaired) electrons. The maximum absolute atomic E-state index is 12.4. The fraction of sp³-hybridized carbons (Fsp3) is 0.923. The number of ether oxygens (including phenoxy) is 1. The van der Waals surface area contributed by atoms with Crippen LogP contribution in [0.4, 0.5) is 4.79 Å². The van der Waals surface area contributed by atoms with Gasteiger partial charge in [0, 0.05) is 19.1 Å². The van der Waals surface area contributed by atoms with Crippen molar-refractivity contribution in [3.63, 3.8) is 0 Å². The number of urea groups is 1. The Balaban J connectivity index is 1.49. The topological polar surface area (TPSA) is 87.7 Å². The molecule has 3 heterocycles. The first-order valence-corrected chi connectivity index (χ1v) is 9.25. The van der Waals surface area contributed by atoms with E-state index >= 15 is 0 Å². The van der Waals surface area contributed by atoms with Crippen LogP contribution in [0, 0.1) is 0 Å². The lowest BCUT2D eigenvalue weighted by Gasteiger charge is -2.39. The predicted molar refractivity (Wildman–Crippen MR) is 75.3 cm³/mol. The molecule has 4 fully saturated rings. The number of carbonyl (C=O) groups excluding carboxylic acids is 1. The monoisotopic (exact) mass is 315 g/mol. The Morgan fingerprint density at radius 1 is 1.33 bits per heavy atom. The average molecular weight is 315 g/mol. The van der Waals surface area contributed by atoms with Crippen molar-refractivity contribution in [2.75, 3.05) is 19.6 Å². The molecule has 1 aliphatic carbocycles. The molecule has 0 aromatic rings. The molecule has 3 aliphatic heterocycles. The number of rotatable bonds is 1. The zero-order valence-electron chi connectivity index (χ0n) is 11.9. The van der Waals surface area contributed by atoms with E-state index in [0.29, 0.717) is 19.5 Å². The Bertz CT molecular complexity index is 560. The number of likely N-dealkylation sites (tertiary alicyclic amines) is 1. The number of hydrogen-bond donors (Lipinski definition) is 2. The van der Waals surface area contributed by atoms with Gasteiger partial charge in [-0.3, -0.25) is 0 Å². The van der Waals surface area contributed by atoms with E-state index in [9.17, 15) is 13.2 Å². The highest BCUT2D eigenvalue weighted by molar-refractivity contribution is 7.90. The van der Waals surface area contributed by atoms with Crippen molar-refractivity contribution >= 4 is 16.1 Å². The average Bonchev–Trinajstić information content (AvgIpc) is 3.08. The van der Waals surface area contributed by atoms with E-state index < -0.39 is 20.9 Å². The highest BCUT2D eigenvalue weighted by Gasteiger charge is 2.62. The quantitative estimate of drug-likeness (QED) is 0.700. The molecule has 2 N–H and O–H groups in total. The van der Waals surface area contributed by atoms with Gasteiger partial charge in [0.15, 0.2) is 0 Å². The molecule has 4 aliphatic rings. The van der Waals surface area contributed by atoms with Gasteiger partial charge in [-0.2, -0.15) is 0 Å². The van der Waals surface area contributed by atoms with Gasteiger partial charge in [-0.1, -0.05) is 12.8 Å². The molecule has 4 rings (SSSR count). The van der Waals surface area contributed by atoms with Crippen LogP contribution in [0.5, 0.6) is 0 Å². The first-order chi connectivity index (χ1) is 9.98. The van der Waals surface area contributed by atoms with Crippen LogP contribution >= 0.6 is 0 Å². The van der Waals surface area contributed by atoms with E-state index in [1.165, 1.54) is 12.8 Å². The number of morpholine rings is 1. The maximum Gasteiger partial charge on any atom is 0.317 e. The Kier molecular flexibility index (Phi) is 3.00. The lowest BCUT2D eigenvalue weighted by molar-refractivity contribution is -0.0883. The Morgan fingerprint density at radius 3 is 2.86 bits per heavy atom. The summed E-state index contributed by atoms with van der Waals surface area (Å²) in [4.78, 5) is 14.2. The fourth-order valence-electron chi connectivity index (χ4n) is 4.23. The second kappa shape index (κ2) is 4.57. The number of carbonyl (C=O) groups is 1. The Hall–Kier alpha value is -0.860. The smallest absolute Gasteiger partial charge is 0.317 e. The minimum Gasteiger partial charge on any atom is -0.365 e. The van der Waals surface area contributed by atoms with Gasteiger partial charge >= 0.3 is 6.03 Å². The third kappa shape index (κ3) is 2.15. The van der Waals surface area contributed by atoms with Gasteiger partial charge in [-0.25, -0.2) is 17.9 Å². The van der Waals surface area contributed by atoms with Gasteiger partial charge in [-0.15, -0.1) is 0 Å². The molecule has 2 bridgehead atoms. The van der Waals surface area contributed by atoms with E-state index in [-0.39, 0.29) is 24.7 Å². The van der Waals surface area contributed by atoms with Gasteiger partial charge in [0.1, 0.15) is 10.9 Å². The van der Waals surface area contributed by atoms with Crippen LogP contribution in [-0.4, -0.2) is 62.0 Å². The maximum atomic E-state index is 12.4. The molecule has 0 aromatic heterocycles. The van der Waals surface area contributed by atoms with E-state index in [4.69, 9.17) is 4.74 Å². The van der Waals surface area contributed by atoms with E-state index in [2.05, 4.69) is 10.0 Å². The van der Waals surface area contributed by atoms with Gasteiger partial charge in [-0.05, 0) is 19.3 Å². The Morgan fingerprint density at radius 2 is 2.10 bits per heavy atom. The molecule has 3 saturated heterocycles. The van der Waals surface area contributed by atoms with E-state index in [0.717, 1.165) is 12.8 Å². The second-order valence-corrected chi connectivity index (χ2v) is 8.65. The molecule has 1 spiro atoms. The SMILES string of the molecule is O=C(NC1CCCC1)N1C[C@H]2C[C@H]3[C@@](CNS3(=O)=O)(C1)O2. The molecular formula is C13H21N3O4S. The summed E-state index contributed by atoms with van der Waals surface area (Å²) in [5.74, 6) is 0. The molecule has 118 valence electrons. The highest BCUT2D eigenvalue weighted by atomic mass is 32.2. The normalized spacial score (nSPS) is 41.2. The molecular weight excluding hydrogens is 294 g/mol. The number of nitrogens with zero attached hydrogens (tertiary/aromatic N) is 1. The van der Waals surface area contributed by atoms with Crippen LogP contribution in [0.25, 0.3) is 0 Å². The van der Waals surface area contributed by atoms with Crippen molar-refractivity contribution in [2.24, 2.45) is 0 Å². The third-order valence-corrected chi connectivity index (χ3v) is 7.18. The van der Waals surface area contributed by atoms with Crippen molar-refractivity contribution in [3.05, 3.63) is 0 Å². The summed E-state index contributed by atoms with van der Waals surface area (Å²) in [5, 5.41) is 2.56. The fourth-order valence-corrected chi connectivity index (χ4v) is 6.12. The summed E-state index contributed by atoms with van der Waals surface area (Å²) in [5.41, 5.74) is -0.741. The summed E-state index contributed by atoms with van der Waals surface area (Å²) < 4.78 is 32.5. The third-order valence-electron chi connectivity index (χ3n) is 5.26. The number of fused-ring (bicyclic) bond motifs is 1. The van der Waals surface area contributed by atoms with Gasteiger partial charge in [0.25, 0.3) is 0 Å². The molecule has 2 amide bonds. The zero-order valence-corrected chi connectivity index (χ0v) is 12.7. The predicted octanol–water partition coefficient (Wildman–Crippen LogP) is -0.216. The molecule has 21 heavy (non-hydrogen) atoms. The van der Waals surface area contributed by atoms with Crippen molar-refractivity contribution in [2.45, 2.75) is 55.1 Å². The van der Waals surface area contributed by atoms with Crippen molar-refractivity contribution in [1.29, 1.82) is 0 Å². The molecule has 8 heteroatoms. The van der Waals surface area contributed by atoms with Gasteiger partial charge < -0.3 is 15.0 Å². The Labute approximate surface area is 124 Å². The van der Waals surface area contributed by atoms with Crippen molar-refractivity contribution < 1.29 is 17.9 Å². The number of amides is 2. The summed E-state index contributed by atoms with van der Waals surface area (Å²) in [6.45, 7) is 1.13. The molecule has 1 saturated carbocycles. The van der Waals surface area contributed by atoms with Crippen LogP contribution < -0.4 is 10.0 Å². The first-order valence-electron chi connectivity index (χ1n) is 7.70. The van der Waals surface area contributed by atoms with Crippen LogP contribution in [0.3, 0.4) is 0 Å². The van der Waals surface area contributed by atoms with Crippen LogP contribution in [0.15, 0.2) is 0 Å². The minimum atomic E-state index is -3.29. The standard InChI is InChI=1S/C13H21N3O4S/c17-12(15-9-3-1-2-4-9)16-6-10-5-11-13(8-16,20-10)7-14-21(11,18)19/h9-11,14H,1-8H2,(H,15,17)/t10-,11+,13-/m1/s1. The van der Waals surface area contributed by atoms with Crippen LogP contribution in [-0.2, 0) is 14.8 Å². The minimum absolute atomic E-state index is 0.0699. The first kappa shape index (κ1) is 13.8.